The Morgan fingerprint density at radius 3 is 2.71 bits per heavy atom. The standard InChI is InChI=1S/C13H16O4/c1-7-2-4-10(14)9-6-8(3-5-11(15)16)13(17)12(7)9/h7-8H,2-6H2,1H3,(H,15,16). The molecular weight excluding hydrogens is 220 g/mol. The predicted octanol–water partition coefficient (Wildman–Crippen LogP) is 1.74. The molecule has 2 atom stereocenters. The van der Waals surface area contributed by atoms with E-state index in [9.17, 15) is 14.4 Å². The van der Waals surface area contributed by atoms with Crippen LogP contribution in [-0.2, 0) is 14.4 Å². The first-order valence-electron chi connectivity index (χ1n) is 6.03. The maximum Gasteiger partial charge on any atom is 0.303 e. The third-order valence-electron chi connectivity index (χ3n) is 3.75. The van der Waals surface area contributed by atoms with Gasteiger partial charge in [-0.2, -0.15) is 0 Å². The number of aliphatic carboxylic acids is 1. The van der Waals surface area contributed by atoms with Gasteiger partial charge in [-0.1, -0.05) is 6.92 Å². The van der Waals surface area contributed by atoms with Crippen LogP contribution in [0.3, 0.4) is 0 Å². The average molecular weight is 236 g/mol. The van der Waals surface area contributed by atoms with Crippen LogP contribution in [0.4, 0.5) is 0 Å². The molecule has 0 aromatic rings. The van der Waals surface area contributed by atoms with Crippen molar-refractivity contribution in [2.75, 3.05) is 0 Å². The first-order valence-corrected chi connectivity index (χ1v) is 6.03. The Morgan fingerprint density at radius 2 is 2.12 bits per heavy atom. The maximum atomic E-state index is 12.1. The van der Waals surface area contributed by atoms with Crippen molar-refractivity contribution in [1.29, 1.82) is 0 Å². The van der Waals surface area contributed by atoms with Gasteiger partial charge in [-0.3, -0.25) is 14.4 Å². The summed E-state index contributed by atoms with van der Waals surface area (Å²) in [6, 6.07) is 0. The minimum Gasteiger partial charge on any atom is -0.481 e. The minimum atomic E-state index is -0.887. The van der Waals surface area contributed by atoms with Crippen LogP contribution in [-0.4, -0.2) is 22.6 Å². The first-order chi connectivity index (χ1) is 8.00. The van der Waals surface area contributed by atoms with Gasteiger partial charge in [-0.05, 0) is 25.2 Å². The fraction of sp³-hybridized carbons (Fsp3) is 0.615. The summed E-state index contributed by atoms with van der Waals surface area (Å²) >= 11 is 0. The Bertz CT molecular complexity index is 419. The zero-order valence-corrected chi connectivity index (χ0v) is 9.86. The molecule has 2 aliphatic rings. The van der Waals surface area contributed by atoms with Crippen LogP contribution >= 0.6 is 0 Å². The molecule has 0 bridgehead atoms. The van der Waals surface area contributed by atoms with Crippen molar-refractivity contribution < 1.29 is 19.5 Å². The number of Topliss-reactive ketones (excluding diaryl/α,β-unsaturated/α-hetero) is 2. The van der Waals surface area contributed by atoms with E-state index in [2.05, 4.69) is 0 Å². The van der Waals surface area contributed by atoms with E-state index in [1.54, 1.807) is 0 Å². The molecular formula is C13H16O4. The van der Waals surface area contributed by atoms with Gasteiger partial charge in [0.15, 0.2) is 11.6 Å². The number of carboxylic acids is 1. The van der Waals surface area contributed by atoms with Gasteiger partial charge in [0.25, 0.3) is 0 Å². The molecule has 0 aromatic carbocycles. The fourth-order valence-corrected chi connectivity index (χ4v) is 2.80. The Labute approximate surface area is 99.7 Å². The lowest BCUT2D eigenvalue weighted by molar-refractivity contribution is -0.137. The van der Waals surface area contributed by atoms with Gasteiger partial charge >= 0.3 is 5.97 Å². The van der Waals surface area contributed by atoms with E-state index in [4.69, 9.17) is 5.11 Å². The van der Waals surface area contributed by atoms with Crippen molar-refractivity contribution in [3.8, 4) is 0 Å². The molecule has 0 fully saturated rings. The van der Waals surface area contributed by atoms with E-state index in [1.165, 1.54) is 0 Å². The zero-order valence-electron chi connectivity index (χ0n) is 9.86. The predicted molar refractivity (Wildman–Crippen MR) is 60.4 cm³/mol. The molecule has 0 saturated heterocycles. The van der Waals surface area contributed by atoms with E-state index in [-0.39, 0.29) is 29.8 Å². The van der Waals surface area contributed by atoms with Gasteiger partial charge in [0.1, 0.15) is 0 Å². The largest absolute Gasteiger partial charge is 0.481 e. The molecule has 0 aliphatic heterocycles. The summed E-state index contributed by atoms with van der Waals surface area (Å²) in [6.07, 6.45) is 2.08. The number of carbonyl (C=O) groups excluding carboxylic acids is 2. The lowest BCUT2D eigenvalue weighted by atomic mass is 9.84. The summed E-state index contributed by atoms with van der Waals surface area (Å²) in [4.78, 5) is 34.3. The molecule has 2 rings (SSSR count). The van der Waals surface area contributed by atoms with Crippen LogP contribution in [0.5, 0.6) is 0 Å². The normalized spacial score (nSPS) is 28.5. The minimum absolute atomic E-state index is 0.000458. The number of hydrogen-bond donors (Lipinski definition) is 1. The summed E-state index contributed by atoms with van der Waals surface area (Å²) in [5, 5.41) is 8.63. The molecule has 2 aliphatic carbocycles. The van der Waals surface area contributed by atoms with Gasteiger partial charge in [0.2, 0.25) is 0 Å². The number of ketones is 2. The zero-order chi connectivity index (χ0) is 12.6. The van der Waals surface area contributed by atoms with Crippen LogP contribution in [0.2, 0.25) is 0 Å². The second-order valence-electron chi connectivity index (χ2n) is 4.95. The SMILES string of the molecule is CC1CCC(=O)C2=C1C(=O)C(CCC(=O)O)C2. The van der Waals surface area contributed by atoms with Crippen molar-refractivity contribution in [3.63, 3.8) is 0 Å². The molecule has 4 heteroatoms. The molecule has 0 amide bonds. The quantitative estimate of drug-likeness (QED) is 0.810. The van der Waals surface area contributed by atoms with Crippen molar-refractivity contribution in [2.45, 2.75) is 39.0 Å². The topological polar surface area (TPSA) is 71.4 Å². The average Bonchev–Trinajstić information content (AvgIpc) is 2.60. The molecule has 17 heavy (non-hydrogen) atoms. The van der Waals surface area contributed by atoms with E-state index in [0.717, 1.165) is 6.42 Å². The highest BCUT2D eigenvalue weighted by atomic mass is 16.4. The Kier molecular flexibility index (Phi) is 3.13. The van der Waals surface area contributed by atoms with Crippen LogP contribution in [0.1, 0.15) is 39.0 Å². The summed E-state index contributed by atoms with van der Waals surface area (Å²) in [6.45, 7) is 1.97. The highest BCUT2D eigenvalue weighted by molar-refractivity contribution is 6.12. The first kappa shape index (κ1) is 12.0. The van der Waals surface area contributed by atoms with Crippen LogP contribution in [0, 0.1) is 11.8 Å². The Hall–Kier alpha value is -1.45. The van der Waals surface area contributed by atoms with Crippen LogP contribution in [0.25, 0.3) is 0 Å². The summed E-state index contributed by atoms with van der Waals surface area (Å²) in [5.74, 6) is -0.904. The van der Waals surface area contributed by atoms with Crippen molar-refractivity contribution >= 4 is 17.5 Å². The van der Waals surface area contributed by atoms with Gasteiger partial charge < -0.3 is 5.11 Å². The van der Waals surface area contributed by atoms with Crippen LogP contribution in [0.15, 0.2) is 11.1 Å². The molecule has 0 heterocycles. The summed E-state index contributed by atoms with van der Waals surface area (Å²) in [5.41, 5.74) is 1.38. The smallest absolute Gasteiger partial charge is 0.303 e. The lowest BCUT2D eigenvalue weighted by Gasteiger charge is -2.18. The third kappa shape index (κ3) is 2.16. The molecule has 4 nitrogen and oxygen atoms in total. The monoisotopic (exact) mass is 236 g/mol. The van der Waals surface area contributed by atoms with E-state index < -0.39 is 5.97 Å². The molecule has 2 unspecified atom stereocenters. The van der Waals surface area contributed by atoms with E-state index in [1.807, 2.05) is 6.92 Å². The molecule has 0 aromatic heterocycles. The van der Waals surface area contributed by atoms with Crippen molar-refractivity contribution in [3.05, 3.63) is 11.1 Å². The third-order valence-corrected chi connectivity index (χ3v) is 3.75. The highest BCUT2D eigenvalue weighted by Crippen LogP contribution is 2.40. The van der Waals surface area contributed by atoms with E-state index >= 15 is 0 Å². The Balaban J connectivity index is 2.14. The summed E-state index contributed by atoms with van der Waals surface area (Å²) < 4.78 is 0. The number of rotatable bonds is 3. The van der Waals surface area contributed by atoms with Crippen molar-refractivity contribution in [1.82, 2.24) is 0 Å². The highest BCUT2D eigenvalue weighted by Gasteiger charge is 2.40. The van der Waals surface area contributed by atoms with E-state index in [0.29, 0.717) is 30.4 Å². The van der Waals surface area contributed by atoms with Crippen molar-refractivity contribution in [2.24, 2.45) is 11.8 Å². The number of carboxylic acid groups (broad SMARTS) is 1. The molecule has 1 N–H and O–H groups in total. The van der Waals surface area contributed by atoms with Gasteiger partial charge in [-0.25, -0.2) is 0 Å². The maximum absolute atomic E-state index is 12.1. The number of hydrogen-bond acceptors (Lipinski definition) is 3. The van der Waals surface area contributed by atoms with Crippen LogP contribution < -0.4 is 0 Å². The van der Waals surface area contributed by atoms with Gasteiger partial charge in [0.05, 0.1) is 0 Å². The number of carbonyl (C=O) groups is 3. The van der Waals surface area contributed by atoms with Gasteiger partial charge in [0, 0.05) is 29.9 Å². The van der Waals surface area contributed by atoms with Gasteiger partial charge in [-0.15, -0.1) is 0 Å². The fourth-order valence-electron chi connectivity index (χ4n) is 2.80. The second kappa shape index (κ2) is 4.43. The molecule has 0 spiro atoms. The lowest BCUT2D eigenvalue weighted by Crippen LogP contribution is -2.19. The summed E-state index contributed by atoms with van der Waals surface area (Å²) in [7, 11) is 0. The molecule has 92 valence electrons. The molecule has 0 radical (unpaired) electrons. The number of allylic oxidation sites excluding steroid dienone is 2. The Morgan fingerprint density at radius 1 is 1.41 bits per heavy atom. The second-order valence-corrected chi connectivity index (χ2v) is 4.95. The molecule has 0 saturated carbocycles.